The van der Waals surface area contributed by atoms with Crippen molar-refractivity contribution in [1.29, 1.82) is 0 Å². The van der Waals surface area contributed by atoms with Gasteiger partial charge >= 0.3 is 0 Å². The Kier molecular flexibility index (Phi) is 3.91. The van der Waals surface area contributed by atoms with Crippen molar-refractivity contribution in [2.24, 2.45) is 0 Å². The second-order valence-electron chi connectivity index (χ2n) is 7.60. The number of benzene rings is 4. The molecule has 144 valence electrons. The van der Waals surface area contributed by atoms with E-state index in [0.29, 0.717) is 0 Å². The van der Waals surface area contributed by atoms with Gasteiger partial charge in [0.15, 0.2) is 0 Å². The molecular weight excluding hydrogens is 408 g/mol. The summed E-state index contributed by atoms with van der Waals surface area (Å²) < 4.78 is 18.6. The maximum Gasteiger partial charge on any atom is 0.113 e. The number of fused-ring (bicyclic) bond motifs is 5. The highest BCUT2D eigenvalue weighted by molar-refractivity contribution is 7.00. The number of nitrogens with zero attached hydrogens (tertiary/aromatic N) is 4. The van der Waals surface area contributed by atoms with Crippen LogP contribution in [0.2, 0.25) is 0 Å². The van der Waals surface area contributed by atoms with Crippen LogP contribution in [0.15, 0.2) is 60.7 Å². The van der Waals surface area contributed by atoms with Gasteiger partial charge in [-0.05, 0) is 37.1 Å². The van der Waals surface area contributed by atoms with Gasteiger partial charge in [-0.3, -0.25) is 0 Å². The molecule has 2 aromatic heterocycles. The minimum atomic E-state index is 0.927. The number of hydrogen-bond acceptors (Lipinski definition) is 6. The van der Waals surface area contributed by atoms with Crippen molar-refractivity contribution in [3.8, 4) is 22.3 Å². The molecule has 0 saturated heterocycles. The standard InChI is InChI=1S/C24H16N4S2/c1-13-3-7-15(8-4-13)17-11-19-20(23-21(17)25-29-27-23)12-18(22-24(19)28-30-26-22)16-9-5-14(2)6-10-16/h3-12H,1-2H3. The Morgan fingerprint density at radius 2 is 0.867 bits per heavy atom. The van der Waals surface area contributed by atoms with Gasteiger partial charge in [0.1, 0.15) is 22.1 Å². The summed E-state index contributed by atoms with van der Waals surface area (Å²) in [6.45, 7) is 4.20. The van der Waals surface area contributed by atoms with Gasteiger partial charge in [0, 0.05) is 21.9 Å². The van der Waals surface area contributed by atoms with Crippen LogP contribution in [-0.2, 0) is 0 Å². The van der Waals surface area contributed by atoms with Gasteiger partial charge in [0.25, 0.3) is 0 Å². The Hall–Kier alpha value is -3.22. The summed E-state index contributed by atoms with van der Waals surface area (Å²) in [4.78, 5) is 0. The molecule has 6 aromatic rings. The third-order valence-electron chi connectivity index (χ3n) is 5.59. The van der Waals surface area contributed by atoms with Crippen LogP contribution >= 0.6 is 23.5 Å². The van der Waals surface area contributed by atoms with Gasteiger partial charge in [0.05, 0.1) is 23.5 Å². The van der Waals surface area contributed by atoms with E-state index in [-0.39, 0.29) is 0 Å². The molecule has 6 rings (SSSR count). The van der Waals surface area contributed by atoms with Crippen molar-refractivity contribution in [2.45, 2.75) is 13.8 Å². The minimum Gasteiger partial charge on any atom is -0.172 e. The Morgan fingerprint density at radius 3 is 1.27 bits per heavy atom. The fourth-order valence-electron chi connectivity index (χ4n) is 3.96. The lowest BCUT2D eigenvalue weighted by molar-refractivity contribution is 1.47. The van der Waals surface area contributed by atoms with Crippen LogP contribution in [0.3, 0.4) is 0 Å². The molecule has 2 heterocycles. The number of rotatable bonds is 2. The maximum absolute atomic E-state index is 4.68. The van der Waals surface area contributed by atoms with E-state index in [1.165, 1.54) is 34.6 Å². The topological polar surface area (TPSA) is 51.6 Å². The van der Waals surface area contributed by atoms with E-state index in [0.717, 1.165) is 55.1 Å². The Balaban J connectivity index is 1.72. The van der Waals surface area contributed by atoms with Crippen LogP contribution in [0.4, 0.5) is 0 Å². The number of hydrogen-bond donors (Lipinski definition) is 0. The average Bonchev–Trinajstić information content (AvgIpc) is 3.44. The molecule has 0 aliphatic rings. The first-order chi connectivity index (χ1) is 14.7. The van der Waals surface area contributed by atoms with Crippen molar-refractivity contribution >= 4 is 56.3 Å². The first-order valence-electron chi connectivity index (χ1n) is 9.67. The zero-order valence-corrected chi connectivity index (χ0v) is 18.0. The fraction of sp³-hybridized carbons (Fsp3) is 0.0833. The Labute approximate surface area is 181 Å². The van der Waals surface area contributed by atoms with Crippen molar-refractivity contribution in [3.05, 3.63) is 71.8 Å². The van der Waals surface area contributed by atoms with Crippen molar-refractivity contribution in [1.82, 2.24) is 17.5 Å². The largest absolute Gasteiger partial charge is 0.172 e. The molecule has 0 radical (unpaired) electrons. The molecule has 0 spiro atoms. The predicted molar refractivity (Wildman–Crippen MR) is 126 cm³/mol. The van der Waals surface area contributed by atoms with E-state index in [9.17, 15) is 0 Å². The molecule has 4 aromatic carbocycles. The molecule has 0 unspecified atom stereocenters. The summed E-state index contributed by atoms with van der Waals surface area (Å²) in [5, 5.41) is 2.15. The monoisotopic (exact) mass is 424 g/mol. The third-order valence-corrected chi connectivity index (χ3v) is 6.65. The lowest BCUT2D eigenvalue weighted by atomic mass is 9.94. The van der Waals surface area contributed by atoms with E-state index < -0.39 is 0 Å². The van der Waals surface area contributed by atoms with Crippen LogP contribution in [0, 0.1) is 13.8 Å². The molecule has 6 heteroatoms. The molecule has 0 aliphatic heterocycles. The smallest absolute Gasteiger partial charge is 0.113 e. The van der Waals surface area contributed by atoms with E-state index in [1.807, 2.05) is 0 Å². The van der Waals surface area contributed by atoms with Crippen LogP contribution in [0.25, 0.3) is 55.1 Å². The molecule has 30 heavy (non-hydrogen) atoms. The first kappa shape index (κ1) is 17.6. The summed E-state index contributed by atoms with van der Waals surface area (Å²) in [5.74, 6) is 0. The molecule has 0 saturated carbocycles. The van der Waals surface area contributed by atoms with Crippen LogP contribution in [0.5, 0.6) is 0 Å². The fourth-order valence-corrected chi connectivity index (χ4v) is 5.11. The average molecular weight is 425 g/mol. The number of aryl methyl sites for hydroxylation is 2. The van der Waals surface area contributed by atoms with Crippen molar-refractivity contribution in [2.75, 3.05) is 0 Å². The molecule has 4 nitrogen and oxygen atoms in total. The van der Waals surface area contributed by atoms with Gasteiger partial charge in [-0.2, -0.15) is 17.5 Å². The minimum absolute atomic E-state index is 0.927. The predicted octanol–water partition coefficient (Wildman–Crippen LogP) is 6.80. The highest BCUT2D eigenvalue weighted by Gasteiger charge is 2.18. The normalized spacial score (nSPS) is 11.7. The first-order valence-corrected chi connectivity index (χ1v) is 11.1. The van der Waals surface area contributed by atoms with Crippen LogP contribution < -0.4 is 0 Å². The van der Waals surface area contributed by atoms with E-state index in [4.69, 9.17) is 0 Å². The van der Waals surface area contributed by atoms with Crippen molar-refractivity contribution < 1.29 is 0 Å². The van der Waals surface area contributed by atoms with Gasteiger partial charge in [-0.25, -0.2) is 0 Å². The lowest BCUT2D eigenvalue weighted by Gasteiger charge is -2.10. The summed E-state index contributed by atoms with van der Waals surface area (Å²) in [6, 6.07) is 21.5. The summed E-state index contributed by atoms with van der Waals surface area (Å²) in [5.41, 5.74) is 10.7. The SMILES string of the molecule is Cc1ccc(-c2cc3c(cc(-c4ccc(C)cc4)c4nsnc43)c3nsnc23)cc1. The van der Waals surface area contributed by atoms with Gasteiger partial charge in [-0.1, -0.05) is 59.7 Å². The summed E-state index contributed by atoms with van der Waals surface area (Å²) in [7, 11) is 0. The van der Waals surface area contributed by atoms with Gasteiger partial charge < -0.3 is 0 Å². The molecule has 0 bridgehead atoms. The summed E-state index contributed by atoms with van der Waals surface area (Å²) >= 11 is 2.51. The zero-order chi connectivity index (χ0) is 20.2. The van der Waals surface area contributed by atoms with E-state index >= 15 is 0 Å². The lowest BCUT2D eigenvalue weighted by Crippen LogP contribution is -1.88. The zero-order valence-electron chi connectivity index (χ0n) is 16.4. The highest BCUT2D eigenvalue weighted by Crippen LogP contribution is 2.40. The summed E-state index contributed by atoms with van der Waals surface area (Å²) in [6.07, 6.45) is 0. The molecule has 0 N–H and O–H groups in total. The van der Waals surface area contributed by atoms with Crippen LogP contribution in [0.1, 0.15) is 11.1 Å². The molecule has 0 aliphatic carbocycles. The molecule has 0 atom stereocenters. The van der Waals surface area contributed by atoms with E-state index in [2.05, 4.69) is 92.0 Å². The quantitative estimate of drug-likeness (QED) is 0.307. The molecule has 0 fully saturated rings. The number of aromatic nitrogens is 4. The second kappa shape index (κ2) is 6.65. The second-order valence-corrected chi connectivity index (χ2v) is 8.66. The van der Waals surface area contributed by atoms with Gasteiger partial charge in [-0.15, -0.1) is 0 Å². The maximum atomic E-state index is 4.68. The Bertz CT molecular complexity index is 1430. The van der Waals surface area contributed by atoms with Crippen molar-refractivity contribution in [3.63, 3.8) is 0 Å². The van der Waals surface area contributed by atoms with Crippen LogP contribution in [-0.4, -0.2) is 17.5 Å². The van der Waals surface area contributed by atoms with Gasteiger partial charge in [0.2, 0.25) is 0 Å². The molecular formula is C24H16N4S2. The highest BCUT2D eigenvalue weighted by atomic mass is 32.1. The third kappa shape index (κ3) is 2.65. The van der Waals surface area contributed by atoms with E-state index in [1.54, 1.807) is 0 Å². The Morgan fingerprint density at radius 1 is 0.500 bits per heavy atom. The molecule has 0 amide bonds.